The molecule has 6 heteroatoms. The van der Waals surface area contributed by atoms with E-state index in [0.717, 1.165) is 0 Å². The van der Waals surface area contributed by atoms with Gasteiger partial charge in [-0.25, -0.2) is 4.79 Å². The molecule has 0 radical (unpaired) electrons. The van der Waals surface area contributed by atoms with Gasteiger partial charge in [-0.15, -0.1) is 0 Å². The molecule has 0 aliphatic heterocycles. The molecule has 0 atom stereocenters. The van der Waals surface area contributed by atoms with Gasteiger partial charge >= 0.3 is 5.97 Å². The molecule has 0 saturated carbocycles. The second-order valence-corrected chi connectivity index (χ2v) is 2.45. The van der Waals surface area contributed by atoms with E-state index in [-0.39, 0.29) is 5.69 Å². The number of nitrogens with zero attached hydrogens (tertiary/aromatic N) is 2. The summed E-state index contributed by atoms with van der Waals surface area (Å²) in [5.74, 6) is -0.446. The molecule has 0 aliphatic rings. The fraction of sp³-hybridized carbons (Fsp3) is 0.286. The zero-order valence-corrected chi connectivity index (χ0v) is 7.00. The van der Waals surface area contributed by atoms with Crippen LogP contribution in [0.25, 0.3) is 11.0 Å². The molecule has 2 N–H and O–H groups in total. The number of carbonyl (C=O) groups is 1. The Morgan fingerprint density at radius 3 is 3.23 bits per heavy atom. The first kappa shape index (κ1) is 7.78. The van der Waals surface area contributed by atoms with Crippen molar-refractivity contribution in [2.75, 3.05) is 6.61 Å². The topological polar surface area (TPSA) is 83.7 Å². The zero-order valence-electron chi connectivity index (χ0n) is 7.00. The largest absolute Gasteiger partial charge is 0.461 e. The summed E-state index contributed by atoms with van der Waals surface area (Å²) in [5, 5.41) is 12.9. The molecule has 0 bridgehead atoms. The van der Waals surface area contributed by atoms with Crippen LogP contribution < -0.4 is 0 Å². The van der Waals surface area contributed by atoms with Crippen LogP contribution in [0.3, 0.4) is 0 Å². The van der Waals surface area contributed by atoms with Crippen LogP contribution in [0.2, 0.25) is 0 Å². The number of aromatic amines is 2. The van der Waals surface area contributed by atoms with E-state index < -0.39 is 5.97 Å². The molecule has 0 saturated heterocycles. The van der Waals surface area contributed by atoms with E-state index in [9.17, 15) is 4.79 Å². The lowest BCUT2D eigenvalue weighted by atomic mass is 10.4. The minimum absolute atomic E-state index is 0.245. The van der Waals surface area contributed by atoms with Crippen molar-refractivity contribution in [3.05, 3.63) is 11.9 Å². The van der Waals surface area contributed by atoms with Gasteiger partial charge in [-0.2, -0.15) is 10.2 Å². The summed E-state index contributed by atoms with van der Waals surface area (Å²) in [6.07, 6.45) is 1.56. The van der Waals surface area contributed by atoms with Crippen LogP contribution in [0, 0.1) is 0 Å². The third kappa shape index (κ3) is 1.16. The van der Waals surface area contributed by atoms with Gasteiger partial charge < -0.3 is 4.74 Å². The van der Waals surface area contributed by atoms with Crippen LogP contribution in [0.1, 0.15) is 17.4 Å². The first-order chi connectivity index (χ1) is 6.33. The lowest BCUT2D eigenvalue weighted by molar-refractivity contribution is 0.0521. The minimum atomic E-state index is -0.446. The van der Waals surface area contributed by atoms with Crippen molar-refractivity contribution in [3.63, 3.8) is 0 Å². The quantitative estimate of drug-likeness (QED) is 0.657. The lowest BCUT2D eigenvalue weighted by Gasteiger charge is -1.95. The second-order valence-electron chi connectivity index (χ2n) is 2.45. The summed E-state index contributed by atoms with van der Waals surface area (Å²) in [7, 11) is 0. The lowest BCUT2D eigenvalue weighted by Crippen LogP contribution is -2.05. The van der Waals surface area contributed by atoms with Crippen molar-refractivity contribution in [2.45, 2.75) is 6.92 Å². The number of hydrogen-bond donors (Lipinski definition) is 2. The van der Waals surface area contributed by atoms with Gasteiger partial charge in [0, 0.05) is 0 Å². The van der Waals surface area contributed by atoms with Gasteiger partial charge in [-0.05, 0) is 6.92 Å². The second kappa shape index (κ2) is 2.89. The molecule has 2 aromatic heterocycles. The van der Waals surface area contributed by atoms with E-state index in [1.807, 2.05) is 0 Å². The monoisotopic (exact) mass is 180 g/mol. The molecule has 0 amide bonds. The first-order valence-electron chi connectivity index (χ1n) is 3.87. The van der Waals surface area contributed by atoms with Crippen LogP contribution in [-0.4, -0.2) is 33.0 Å². The Labute approximate surface area is 73.3 Å². The molecule has 2 heterocycles. The number of carbonyl (C=O) groups excluding carboxylic acids is 1. The van der Waals surface area contributed by atoms with E-state index in [0.29, 0.717) is 17.6 Å². The third-order valence-electron chi connectivity index (χ3n) is 1.63. The summed E-state index contributed by atoms with van der Waals surface area (Å²) < 4.78 is 4.79. The molecule has 68 valence electrons. The summed E-state index contributed by atoms with van der Waals surface area (Å²) in [6.45, 7) is 2.08. The smallest absolute Gasteiger partial charge is 0.361 e. The molecule has 0 fully saturated rings. The fourth-order valence-corrected chi connectivity index (χ4v) is 1.07. The normalized spacial score (nSPS) is 10.5. The van der Waals surface area contributed by atoms with Gasteiger partial charge in [0.15, 0.2) is 5.69 Å². The highest BCUT2D eigenvalue weighted by molar-refractivity contribution is 5.99. The van der Waals surface area contributed by atoms with Crippen molar-refractivity contribution < 1.29 is 9.53 Å². The standard InChI is InChI=1S/C7H8N4O2/c1-2-13-7(12)6-5-4(9-11-6)3-8-10-5/h3H,2H2,1H3,(H,8,10)(H,9,11). The van der Waals surface area contributed by atoms with Crippen molar-refractivity contribution in [1.82, 2.24) is 20.4 Å². The molecule has 2 rings (SSSR count). The molecule has 6 nitrogen and oxygen atoms in total. The number of hydrogen-bond acceptors (Lipinski definition) is 4. The number of fused-ring (bicyclic) bond motifs is 1. The molecule has 0 unspecified atom stereocenters. The number of nitrogens with one attached hydrogen (secondary N) is 2. The Morgan fingerprint density at radius 2 is 2.46 bits per heavy atom. The number of ether oxygens (including phenoxy) is 1. The molecular weight excluding hydrogens is 172 g/mol. The van der Waals surface area contributed by atoms with Crippen LogP contribution >= 0.6 is 0 Å². The van der Waals surface area contributed by atoms with Crippen molar-refractivity contribution >= 4 is 17.0 Å². The van der Waals surface area contributed by atoms with Gasteiger partial charge in [0.2, 0.25) is 0 Å². The Kier molecular flexibility index (Phi) is 1.73. The maximum atomic E-state index is 11.3. The predicted octanol–water partition coefficient (Wildman–Crippen LogP) is 0.463. The van der Waals surface area contributed by atoms with Gasteiger partial charge in [0.1, 0.15) is 11.0 Å². The van der Waals surface area contributed by atoms with Crippen LogP contribution in [-0.2, 0) is 4.74 Å². The van der Waals surface area contributed by atoms with Crippen molar-refractivity contribution in [1.29, 1.82) is 0 Å². The third-order valence-corrected chi connectivity index (χ3v) is 1.63. The Balaban J connectivity index is 2.42. The maximum Gasteiger partial charge on any atom is 0.361 e. The minimum Gasteiger partial charge on any atom is -0.461 e. The maximum absolute atomic E-state index is 11.3. The summed E-state index contributed by atoms with van der Waals surface area (Å²) >= 11 is 0. The van der Waals surface area contributed by atoms with Crippen LogP contribution in [0.4, 0.5) is 0 Å². The molecule has 2 aromatic rings. The highest BCUT2D eigenvalue weighted by Gasteiger charge is 2.15. The van der Waals surface area contributed by atoms with E-state index in [2.05, 4.69) is 20.4 Å². The molecular formula is C7H8N4O2. The van der Waals surface area contributed by atoms with E-state index in [1.165, 1.54) is 0 Å². The van der Waals surface area contributed by atoms with E-state index >= 15 is 0 Å². The molecule has 13 heavy (non-hydrogen) atoms. The Bertz CT molecular complexity index is 430. The Morgan fingerprint density at radius 1 is 1.62 bits per heavy atom. The number of esters is 1. The average Bonchev–Trinajstić information content (AvgIpc) is 2.62. The zero-order chi connectivity index (χ0) is 9.26. The van der Waals surface area contributed by atoms with E-state index in [4.69, 9.17) is 4.74 Å². The van der Waals surface area contributed by atoms with E-state index in [1.54, 1.807) is 13.1 Å². The summed E-state index contributed by atoms with van der Waals surface area (Å²) in [4.78, 5) is 11.3. The van der Waals surface area contributed by atoms with Crippen LogP contribution in [0.5, 0.6) is 0 Å². The van der Waals surface area contributed by atoms with Gasteiger partial charge in [0.05, 0.1) is 12.8 Å². The molecule has 0 aromatic carbocycles. The summed E-state index contributed by atoms with van der Waals surface area (Å²) in [6, 6.07) is 0. The highest BCUT2D eigenvalue weighted by Crippen LogP contribution is 2.11. The highest BCUT2D eigenvalue weighted by atomic mass is 16.5. The number of rotatable bonds is 2. The average molecular weight is 180 g/mol. The van der Waals surface area contributed by atoms with Gasteiger partial charge in [-0.3, -0.25) is 10.2 Å². The van der Waals surface area contributed by atoms with Gasteiger partial charge in [0.25, 0.3) is 0 Å². The predicted molar refractivity (Wildman–Crippen MR) is 44.2 cm³/mol. The number of H-pyrrole nitrogens is 2. The number of aromatic nitrogens is 4. The summed E-state index contributed by atoms with van der Waals surface area (Å²) in [5.41, 5.74) is 1.52. The van der Waals surface area contributed by atoms with Crippen LogP contribution in [0.15, 0.2) is 6.20 Å². The van der Waals surface area contributed by atoms with Crippen molar-refractivity contribution in [3.8, 4) is 0 Å². The fourth-order valence-electron chi connectivity index (χ4n) is 1.07. The SMILES string of the molecule is CCOC(=O)c1n[nH]c2cn[nH]c12. The van der Waals surface area contributed by atoms with Crippen molar-refractivity contribution in [2.24, 2.45) is 0 Å². The molecule has 0 aliphatic carbocycles. The molecule has 0 spiro atoms. The van der Waals surface area contributed by atoms with Gasteiger partial charge in [-0.1, -0.05) is 0 Å². The Hall–Kier alpha value is -1.85. The first-order valence-corrected chi connectivity index (χ1v) is 3.87.